The Hall–Kier alpha value is -4.04. The van der Waals surface area contributed by atoms with Crippen LogP contribution in [-0.4, -0.2) is 41.2 Å². The monoisotopic (exact) mass is 459 g/mol. The summed E-state index contributed by atoms with van der Waals surface area (Å²) >= 11 is 0. The third-order valence-corrected chi connectivity index (χ3v) is 5.40. The van der Waals surface area contributed by atoms with Gasteiger partial charge in [-0.1, -0.05) is 18.2 Å². The molecule has 34 heavy (non-hydrogen) atoms. The highest BCUT2D eigenvalue weighted by atomic mass is 19.1. The molecule has 174 valence electrons. The quantitative estimate of drug-likeness (QED) is 0.363. The summed E-state index contributed by atoms with van der Waals surface area (Å²) in [5.74, 6) is 0.562. The highest BCUT2D eigenvalue weighted by Crippen LogP contribution is 2.25. The van der Waals surface area contributed by atoms with Crippen LogP contribution >= 0.6 is 0 Å². The van der Waals surface area contributed by atoms with Crippen LogP contribution in [0.1, 0.15) is 21.5 Å². The molecule has 1 heterocycles. The summed E-state index contributed by atoms with van der Waals surface area (Å²) in [5, 5.41) is 16.4. The Kier molecular flexibility index (Phi) is 6.98. The molecule has 0 radical (unpaired) electrons. The van der Waals surface area contributed by atoms with Crippen molar-refractivity contribution >= 4 is 34.3 Å². The molecule has 4 aromatic rings. The Morgan fingerprint density at radius 3 is 2.47 bits per heavy atom. The van der Waals surface area contributed by atoms with Crippen molar-refractivity contribution in [2.75, 3.05) is 35.7 Å². The van der Waals surface area contributed by atoms with Crippen molar-refractivity contribution in [2.45, 2.75) is 13.5 Å². The van der Waals surface area contributed by atoms with E-state index in [2.05, 4.69) is 20.6 Å². The number of rotatable bonds is 8. The minimum absolute atomic E-state index is 0.0124. The first-order chi connectivity index (χ1) is 16.4. The predicted molar refractivity (Wildman–Crippen MR) is 133 cm³/mol. The minimum atomic E-state index is -0.382. The first-order valence-corrected chi connectivity index (χ1v) is 10.9. The molecule has 7 nitrogen and oxygen atoms in total. The molecule has 0 aliphatic rings. The zero-order valence-corrected chi connectivity index (χ0v) is 19.0. The van der Waals surface area contributed by atoms with Gasteiger partial charge in [0.1, 0.15) is 11.6 Å². The average molecular weight is 460 g/mol. The van der Waals surface area contributed by atoms with E-state index in [0.29, 0.717) is 36.1 Å². The third kappa shape index (κ3) is 5.47. The molecule has 0 fully saturated rings. The topological polar surface area (TPSA) is 90.4 Å². The van der Waals surface area contributed by atoms with Gasteiger partial charge >= 0.3 is 0 Å². The molecule has 3 aromatic carbocycles. The summed E-state index contributed by atoms with van der Waals surface area (Å²) in [6.45, 7) is 2.98. The molecule has 8 heteroatoms. The lowest BCUT2D eigenvalue weighted by molar-refractivity contribution is 0.102. The third-order valence-electron chi connectivity index (χ3n) is 5.40. The number of anilines is 3. The maximum absolute atomic E-state index is 13.1. The number of hydrogen-bond donors (Lipinski definition) is 3. The van der Waals surface area contributed by atoms with Gasteiger partial charge in [0.2, 0.25) is 5.95 Å². The van der Waals surface area contributed by atoms with Crippen molar-refractivity contribution in [2.24, 2.45) is 0 Å². The van der Waals surface area contributed by atoms with Crippen LogP contribution in [0, 0.1) is 12.7 Å². The van der Waals surface area contributed by atoms with E-state index in [1.165, 1.54) is 24.3 Å². The molecule has 0 saturated carbocycles. The Morgan fingerprint density at radius 1 is 1.03 bits per heavy atom. The molecule has 0 aliphatic carbocycles. The molecule has 0 spiro atoms. The first-order valence-electron chi connectivity index (χ1n) is 10.9. The lowest BCUT2D eigenvalue weighted by atomic mass is 10.1. The lowest BCUT2D eigenvalue weighted by Gasteiger charge is -2.18. The Morgan fingerprint density at radius 2 is 1.76 bits per heavy atom. The second kappa shape index (κ2) is 10.3. The van der Waals surface area contributed by atoms with Gasteiger partial charge in [0.05, 0.1) is 12.1 Å². The van der Waals surface area contributed by atoms with Gasteiger partial charge in [-0.25, -0.2) is 9.37 Å². The highest BCUT2D eigenvalue weighted by Gasteiger charge is 2.12. The van der Waals surface area contributed by atoms with E-state index < -0.39 is 0 Å². The molecule has 0 bridgehead atoms. The summed E-state index contributed by atoms with van der Waals surface area (Å²) in [4.78, 5) is 23.4. The fourth-order valence-corrected chi connectivity index (χ4v) is 3.48. The van der Waals surface area contributed by atoms with Crippen molar-refractivity contribution < 1.29 is 14.3 Å². The number of benzene rings is 3. The van der Waals surface area contributed by atoms with Crippen LogP contribution in [0.3, 0.4) is 0 Å². The van der Waals surface area contributed by atoms with Crippen molar-refractivity contribution in [1.82, 2.24) is 9.97 Å². The average Bonchev–Trinajstić information content (AvgIpc) is 2.83. The molecule has 3 N–H and O–H groups in total. The largest absolute Gasteiger partial charge is 0.395 e. The second-order valence-corrected chi connectivity index (χ2v) is 8.05. The molecule has 0 aliphatic heterocycles. The van der Waals surface area contributed by atoms with Gasteiger partial charge in [0, 0.05) is 36.8 Å². The number of aliphatic hydroxyl groups is 1. The van der Waals surface area contributed by atoms with Gasteiger partial charge in [-0.2, -0.15) is 4.98 Å². The summed E-state index contributed by atoms with van der Waals surface area (Å²) < 4.78 is 13.1. The standard InChI is InChI=1S/C26H26FN5O2/c1-17-3-12-22-23(15-17)30-26(32(2)13-14-33)31-24(22)28-16-18-4-10-21(11-5-18)29-25(34)19-6-8-20(27)9-7-19/h3-12,15,33H,13-14,16H2,1-2H3,(H,29,34)(H,28,30,31). The van der Waals surface area contributed by atoms with Gasteiger partial charge < -0.3 is 20.6 Å². The number of amides is 1. The van der Waals surface area contributed by atoms with E-state index in [-0.39, 0.29) is 18.3 Å². The predicted octanol–water partition coefficient (Wildman–Crippen LogP) is 4.37. The summed E-state index contributed by atoms with van der Waals surface area (Å²) in [6.07, 6.45) is 0. The van der Waals surface area contributed by atoms with Gasteiger partial charge in [-0.3, -0.25) is 4.79 Å². The van der Waals surface area contributed by atoms with Crippen LogP contribution in [0.2, 0.25) is 0 Å². The van der Waals surface area contributed by atoms with E-state index >= 15 is 0 Å². The second-order valence-electron chi connectivity index (χ2n) is 8.05. The molecule has 1 amide bonds. The number of aliphatic hydroxyl groups excluding tert-OH is 1. The summed E-state index contributed by atoms with van der Waals surface area (Å²) in [6, 6.07) is 18.9. The van der Waals surface area contributed by atoms with E-state index in [9.17, 15) is 14.3 Å². The maximum atomic E-state index is 13.1. The minimum Gasteiger partial charge on any atom is -0.395 e. The van der Waals surface area contributed by atoms with Crippen molar-refractivity contribution in [3.05, 3.63) is 89.2 Å². The van der Waals surface area contributed by atoms with Crippen LogP contribution in [0.15, 0.2) is 66.7 Å². The van der Waals surface area contributed by atoms with Crippen molar-refractivity contribution in [3.63, 3.8) is 0 Å². The van der Waals surface area contributed by atoms with Gasteiger partial charge in [-0.15, -0.1) is 0 Å². The van der Waals surface area contributed by atoms with Gasteiger partial charge in [0.25, 0.3) is 5.91 Å². The smallest absolute Gasteiger partial charge is 0.255 e. The fraction of sp³-hybridized carbons (Fsp3) is 0.192. The molecular formula is C26H26FN5O2. The number of likely N-dealkylation sites (N-methyl/N-ethyl adjacent to an activating group) is 1. The maximum Gasteiger partial charge on any atom is 0.255 e. The zero-order chi connectivity index (χ0) is 24.1. The van der Waals surface area contributed by atoms with E-state index in [1.807, 2.05) is 61.3 Å². The van der Waals surface area contributed by atoms with Crippen LogP contribution in [-0.2, 0) is 6.54 Å². The fourth-order valence-electron chi connectivity index (χ4n) is 3.48. The normalized spacial score (nSPS) is 10.8. The molecular weight excluding hydrogens is 433 g/mol. The van der Waals surface area contributed by atoms with Crippen LogP contribution in [0.25, 0.3) is 10.9 Å². The van der Waals surface area contributed by atoms with E-state index in [0.717, 1.165) is 22.0 Å². The number of nitrogens with one attached hydrogen (secondary N) is 2. The first kappa shape index (κ1) is 23.1. The zero-order valence-electron chi connectivity index (χ0n) is 19.0. The van der Waals surface area contributed by atoms with Crippen LogP contribution < -0.4 is 15.5 Å². The number of aromatic nitrogens is 2. The number of hydrogen-bond acceptors (Lipinski definition) is 6. The van der Waals surface area contributed by atoms with Crippen molar-refractivity contribution in [1.29, 1.82) is 0 Å². The Balaban J connectivity index is 1.48. The van der Waals surface area contributed by atoms with Crippen molar-refractivity contribution in [3.8, 4) is 0 Å². The van der Waals surface area contributed by atoms with E-state index in [1.54, 1.807) is 0 Å². The number of carbonyl (C=O) groups is 1. The SMILES string of the molecule is Cc1ccc2c(NCc3ccc(NC(=O)c4ccc(F)cc4)cc3)nc(N(C)CCO)nc2c1. The van der Waals surface area contributed by atoms with Gasteiger partial charge in [0.15, 0.2) is 0 Å². The number of halogens is 1. The summed E-state index contributed by atoms with van der Waals surface area (Å²) in [7, 11) is 1.84. The summed E-state index contributed by atoms with van der Waals surface area (Å²) in [5.41, 5.74) is 3.97. The number of aryl methyl sites for hydroxylation is 1. The molecule has 4 rings (SSSR count). The Labute approximate surface area is 197 Å². The lowest BCUT2D eigenvalue weighted by Crippen LogP contribution is -2.23. The molecule has 0 atom stereocenters. The number of fused-ring (bicyclic) bond motifs is 1. The Bertz CT molecular complexity index is 1290. The molecule has 0 saturated heterocycles. The van der Waals surface area contributed by atoms with Gasteiger partial charge in [-0.05, 0) is 66.6 Å². The molecule has 0 unspecified atom stereocenters. The van der Waals surface area contributed by atoms with Crippen LogP contribution in [0.4, 0.5) is 21.8 Å². The number of carbonyl (C=O) groups excluding carboxylic acids is 1. The van der Waals surface area contributed by atoms with Crippen LogP contribution in [0.5, 0.6) is 0 Å². The van der Waals surface area contributed by atoms with E-state index in [4.69, 9.17) is 0 Å². The molecule has 1 aromatic heterocycles. The highest BCUT2D eigenvalue weighted by molar-refractivity contribution is 6.04. The number of nitrogens with zero attached hydrogens (tertiary/aromatic N) is 3.